The van der Waals surface area contributed by atoms with E-state index in [4.69, 9.17) is 5.26 Å². The molecule has 1 aromatic heterocycles. The maximum Gasteiger partial charge on any atom is 0.294 e. The van der Waals surface area contributed by atoms with Crippen LogP contribution >= 0.6 is 0 Å². The first-order valence-corrected chi connectivity index (χ1v) is 6.84. The number of hydrogen-bond acceptors (Lipinski definition) is 7. The van der Waals surface area contributed by atoms with Crippen LogP contribution in [-0.2, 0) is 4.84 Å². The van der Waals surface area contributed by atoms with Gasteiger partial charge in [0.05, 0.1) is 5.69 Å². The first-order valence-electron chi connectivity index (χ1n) is 6.84. The molecule has 0 aliphatic rings. The van der Waals surface area contributed by atoms with Crippen molar-refractivity contribution in [1.29, 1.82) is 5.26 Å². The minimum absolute atomic E-state index is 0.140. The lowest BCUT2D eigenvalue weighted by Gasteiger charge is -2.10. The van der Waals surface area contributed by atoms with Gasteiger partial charge in [0.25, 0.3) is 5.09 Å². The number of nitriles is 1. The molecule has 0 aliphatic heterocycles. The Labute approximate surface area is 128 Å². The lowest BCUT2D eigenvalue weighted by molar-refractivity contribution is -0.757. The smallest absolute Gasteiger partial charge is 0.294 e. The second-order valence-electron chi connectivity index (χ2n) is 4.29. The van der Waals surface area contributed by atoms with Gasteiger partial charge in [-0.1, -0.05) is 13.3 Å². The molecule has 1 rings (SSSR count). The zero-order valence-corrected chi connectivity index (χ0v) is 12.3. The molecule has 0 amide bonds. The van der Waals surface area contributed by atoms with E-state index in [2.05, 4.69) is 32.4 Å². The van der Waals surface area contributed by atoms with E-state index in [0.29, 0.717) is 11.4 Å². The summed E-state index contributed by atoms with van der Waals surface area (Å²) in [6.45, 7) is 2.94. The van der Waals surface area contributed by atoms with E-state index < -0.39 is 5.09 Å². The largest absolute Gasteiger partial charge is 0.384 e. The quantitative estimate of drug-likeness (QED) is 0.176. The van der Waals surface area contributed by atoms with Crippen LogP contribution in [0.2, 0.25) is 0 Å². The Morgan fingerprint density at radius 1 is 1.55 bits per heavy atom. The molecular weight excluding hydrogens is 288 g/mol. The molecule has 0 aliphatic carbocycles. The van der Waals surface area contributed by atoms with Gasteiger partial charge < -0.3 is 15.5 Å². The Morgan fingerprint density at radius 3 is 3.05 bits per heavy atom. The summed E-state index contributed by atoms with van der Waals surface area (Å²) >= 11 is 0. The van der Waals surface area contributed by atoms with E-state index in [1.807, 2.05) is 0 Å². The first kappa shape index (κ1) is 17.2. The highest BCUT2D eigenvalue weighted by Gasteiger charge is 2.06. The van der Waals surface area contributed by atoms with Crippen LogP contribution in [0, 0.1) is 21.6 Å². The van der Waals surface area contributed by atoms with Gasteiger partial charge in [-0.25, -0.2) is 0 Å². The number of anilines is 1. The number of aromatic nitrogens is 1. The summed E-state index contributed by atoms with van der Waals surface area (Å²) in [6, 6.07) is 1.81. The molecule has 1 heterocycles. The van der Waals surface area contributed by atoms with Crippen LogP contribution in [0.15, 0.2) is 23.5 Å². The molecule has 0 bridgehead atoms. The molecule has 0 spiro atoms. The highest BCUT2D eigenvalue weighted by atomic mass is 16.9. The summed E-state index contributed by atoms with van der Waals surface area (Å²) in [4.78, 5) is 22.0. The molecule has 0 atom stereocenters. The molecule has 9 heteroatoms. The fraction of sp³-hybridized carbons (Fsp3) is 0.462. The minimum atomic E-state index is -0.872. The summed E-state index contributed by atoms with van der Waals surface area (Å²) in [5.41, 5.74) is 1.43. The number of hydrogen-bond donors (Lipinski definition) is 2. The van der Waals surface area contributed by atoms with E-state index in [0.717, 1.165) is 25.1 Å². The maximum atomic E-state index is 10.1. The molecule has 0 fully saturated rings. The number of rotatable bonds is 9. The van der Waals surface area contributed by atoms with Crippen molar-refractivity contribution < 1.29 is 9.92 Å². The van der Waals surface area contributed by atoms with Crippen LogP contribution in [0.1, 0.15) is 25.3 Å². The Morgan fingerprint density at radius 2 is 2.36 bits per heavy atom. The van der Waals surface area contributed by atoms with E-state index in [1.165, 1.54) is 0 Å². The zero-order chi connectivity index (χ0) is 16.2. The highest BCUT2D eigenvalue weighted by molar-refractivity contribution is 5.99. The standard InChI is InChI=1S/C13H18N6O3/c1-2-3-4-16-12-7-11(8-15-9-12)13(18-10-14)17-5-6-22-19(20)21/h7-9,16H,2-6H2,1H3,(H,17,18). The molecule has 9 nitrogen and oxygen atoms in total. The topological polar surface area (TPSA) is 125 Å². The lowest BCUT2D eigenvalue weighted by Crippen LogP contribution is -2.29. The van der Waals surface area contributed by atoms with E-state index >= 15 is 0 Å². The number of pyridine rings is 1. The van der Waals surface area contributed by atoms with Gasteiger partial charge in [-0.15, -0.1) is 10.1 Å². The molecule has 0 saturated heterocycles. The third-order valence-electron chi connectivity index (χ3n) is 2.62. The summed E-state index contributed by atoms with van der Waals surface area (Å²) < 4.78 is 0. The van der Waals surface area contributed by atoms with E-state index in [1.54, 1.807) is 24.7 Å². The summed E-state index contributed by atoms with van der Waals surface area (Å²) in [7, 11) is 0. The van der Waals surface area contributed by atoms with Crippen molar-refractivity contribution in [3.8, 4) is 6.19 Å². The number of unbranched alkanes of at least 4 members (excludes halogenated alkanes) is 1. The number of nitrogens with zero attached hydrogens (tertiary/aromatic N) is 4. The Balaban J connectivity index is 2.67. The summed E-state index contributed by atoms with van der Waals surface area (Å²) in [6.07, 6.45) is 7.05. The average Bonchev–Trinajstić information content (AvgIpc) is 2.51. The van der Waals surface area contributed by atoms with Gasteiger partial charge in [0, 0.05) is 31.0 Å². The van der Waals surface area contributed by atoms with Gasteiger partial charge >= 0.3 is 0 Å². The molecule has 0 radical (unpaired) electrons. The summed E-state index contributed by atoms with van der Waals surface area (Å²) in [5, 5.41) is 24.0. The van der Waals surface area contributed by atoms with Crippen LogP contribution in [0.3, 0.4) is 0 Å². The predicted molar refractivity (Wildman–Crippen MR) is 80.7 cm³/mol. The zero-order valence-electron chi connectivity index (χ0n) is 12.3. The first-order chi connectivity index (χ1) is 10.7. The third-order valence-corrected chi connectivity index (χ3v) is 2.62. The van der Waals surface area contributed by atoms with Gasteiger partial charge in [0.1, 0.15) is 12.4 Å². The van der Waals surface area contributed by atoms with Crippen molar-refractivity contribution in [2.45, 2.75) is 19.8 Å². The van der Waals surface area contributed by atoms with Crippen LogP contribution in [-0.4, -0.2) is 35.6 Å². The van der Waals surface area contributed by atoms with Crippen LogP contribution in [0.25, 0.3) is 0 Å². The second kappa shape index (κ2) is 9.93. The average molecular weight is 306 g/mol. The predicted octanol–water partition coefficient (Wildman–Crippen LogP) is 1.32. The van der Waals surface area contributed by atoms with E-state index in [9.17, 15) is 10.1 Å². The number of nitrogens with one attached hydrogen (secondary N) is 2. The van der Waals surface area contributed by atoms with Crippen molar-refractivity contribution in [3.63, 3.8) is 0 Å². The van der Waals surface area contributed by atoms with Crippen LogP contribution in [0.4, 0.5) is 5.69 Å². The van der Waals surface area contributed by atoms with Gasteiger partial charge in [-0.05, 0) is 12.5 Å². The van der Waals surface area contributed by atoms with Crippen molar-refractivity contribution >= 4 is 11.5 Å². The molecule has 1 aromatic rings. The molecule has 0 aromatic carbocycles. The molecule has 0 saturated carbocycles. The maximum absolute atomic E-state index is 10.1. The van der Waals surface area contributed by atoms with Gasteiger partial charge in [0.2, 0.25) is 6.19 Å². The second-order valence-corrected chi connectivity index (χ2v) is 4.29. The minimum Gasteiger partial charge on any atom is -0.384 e. The molecule has 0 unspecified atom stereocenters. The molecule has 2 N–H and O–H groups in total. The third kappa shape index (κ3) is 6.51. The Bertz CT molecular complexity index is 555. The Kier molecular flexibility index (Phi) is 7.74. The summed E-state index contributed by atoms with van der Waals surface area (Å²) in [5.74, 6) is 0.293. The number of aliphatic imine (C=N–C) groups is 1. The van der Waals surface area contributed by atoms with Crippen molar-refractivity contribution in [2.24, 2.45) is 4.99 Å². The monoisotopic (exact) mass is 306 g/mol. The van der Waals surface area contributed by atoms with Crippen molar-refractivity contribution in [2.75, 3.05) is 25.0 Å². The SMILES string of the molecule is CCCCNc1cncc(C(=NC#N)NCCO[N+](=O)[O-])c1. The van der Waals surface area contributed by atoms with Crippen molar-refractivity contribution in [3.05, 3.63) is 34.1 Å². The Hall–Kier alpha value is -2.89. The van der Waals surface area contributed by atoms with Crippen molar-refractivity contribution in [1.82, 2.24) is 10.3 Å². The van der Waals surface area contributed by atoms with E-state index in [-0.39, 0.29) is 13.2 Å². The van der Waals surface area contributed by atoms with Crippen LogP contribution < -0.4 is 10.6 Å². The molecular formula is C13H18N6O3. The van der Waals surface area contributed by atoms with Gasteiger partial charge in [0.15, 0.2) is 0 Å². The normalized spacial score (nSPS) is 10.6. The van der Waals surface area contributed by atoms with Gasteiger partial charge in [-0.2, -0.15) is 10.3 Å². The lowest BCUT2D eigenvalue weighted by atomic mass is 10.2. The molecule has 118 valence electrons. The van der Waals surface area contributed by atoms with Gasteiger partial charge in [-0.3, -0.25) is 4.98 Å². The fourth-order valence-corrected chi connectivity index (χ4v) is 1.62. The fourth-order valence-electron chi connectivity index (χ4n) is 1.62. The highest BCUT2D eigenvalue weighted by Crippen LogP contribution is 2.09. The number of amidine groups is 1. The van der Waals surface area contributed by atoms with Crippen LogP contribution in [0.5, 0.6) is 0 Å². The molecule has 22 heavy (non-hydrogen) atoms.